The average molecular weight is 263 g/mol. The van der Waals surface area contributed by atoms with Crippen LogP contribution in [0.1, 0.15) is 13.3 Å². The lowest BCUT2D eigenvalue weighted by atomic mass is 10.1. The van der Waals surface area contributed by atoms with E-state index >= 15 is 0 Å². The SMILES string of the molecule is CC[C@H](N)C(=O)N1CC(C(N)=O)Oc2ccccc21. The summed E-state index contributed by atoms with van der Waals surface area (Å²) in [4.78, 5) is 25.0. The monoisotopic (exact) mass is 263 g/mol. The fourth-order valence-corrected chi connectivity index (χ4v) is 1.97. The van der Waals surface area contributed by atoms with Crippen LogP contribution in [0.2, 0.25) is 0 Å². The van der Waals surface area contributed by atoms with E-state index in [1.54, 1.807) is 24.3 Å². The first-order valence-corrected chi connectivity index (χ1v) is 6.16. The molecule has 1 aliphatic heterocycles. The first kappa shape index (κ1) is 13.4. The second-order valence-electron chi connectivity index (χ2n) is 4.44. The normalized spacial score (nSPS) is 19.3. The molecule has 0 radical (unpaired) electrons. The van der Waals surface area contributed by atoms with Gasteiger partial charge >= 0.3 is 0 Å². The third-order valence-electron chi connectivity index (χ3n) is 3.11. The van der Waals surface area contributed by atoms with Gasteiger partial charge in [-0.15, -0.1) is 0 Å². The fourth-order valence-electron chi connectivity index (χ4n) is 1.97. The molecule has 0 saturated heterocycles. The summed E-state index contributed by atoms with van der Waals surface area (Å²) in [6.45, 7) is 1.93. The number of anilines is 1. The summed E-state index contributed by atoms with van der Waals surface area (Å²) in [7, 11) is 0. The van der Waals surface area contributed by atoms with Gasteiger partial charge in [0.2, 0.25) is 5.91 Å². The molecular formula is C13H17N3O3. The van der Waals surface area contributed by atoms with Gasteiger partial charge in [-0.3, -0.25) is 9.59 Å². The lowest BCUT2D eigenvalue weighted by Crippen LogP contribution is -2.53. The Morgan fingerprint density at radius 1 is 1.47 bits per heavy atom. The van der Waals surface area contributed by atoms with Crippen molar-refractivity contribution in [2.45, 2.75) is 25.5 Å². The molecule has 0 aromatic heterocycles. The zero-order chi connectivity index (χ0) is 14.0. The van der Waals surface area contributed by atoms with Gasteiger partial charge in [-0.2, -0.15) is 0 Å². The molecule has 1 heterocycles. The van der Waals surface area contributed by atoms with Gasteiger partial charge in [-0.1, -0.05) is 19.1 Å². The van der Waals surface area contributed by atoms with Crippen molar-refractivity contribution < 1.29 is 14.3 Å². The van der Waals surface area contributed by atoms with Crippen molar-refractivity contribution in [1.82, 2.24) is 0 Å². The number of carbonyl (C=O) groups excluding carboxylic acids is 2. The largest absolute Gasteiger partial charge is 0.477 e. The van der Waals surface area contributed by atoms with E-state index in [0.29, 0.717) is 17.9 Å². The molecule has 4 N–H and O–H groups in total. The Hall–Kier alpha value is -2.08. The maximum atomic E-state index is 12.3. The van der Waals surface area contributed by atoms with Gasteiger partial charge in [0.05, 0.1) is 18.3 Å². The summed E-state index contributed by atoms with van der Waals surface area (Å²) in [5.41, 5.74) is 11.7. The van der Waals surface area contributed by atoms with Crippen molar-refractivity contribution >= 4 is 17.5 Å². The number of hydrogen-bond acceptors (Lipinski definition) is 4. The van der Waals surface area contributed by atoms with Gasteiger partial charge < -0.3 is 21.1 Å². The number of benzene rings is 1. The Morgan fingerprint density at radius 3 is 2.79 bits per heavy atom. The Bertz CT molecular complexity index is 504. The molecule has 0 saturated carbocycles. The lowest BCUT2D eigenvalue weighted by Gasteiger charge is -2.34. The predicted octanol–water partition coefficient (Wildman–Crippen LogP) is 0.00320. The molecule has 6 heteroatoms. The fraction of sp³-hybridized carbons (Fsp3) is 0.385. The summed E-state index contributed by atoms with van der Waals surface area (Å²) in [5.74, 6) is -0.365. The van der Waals surface area contributed by atoms with Crippen molar-refractivity contribution in [1.29, 1.82) is 0 Å². The van der Waals surface area contributed by atoms with Gasteiger partial charge in [-0.25, -0.2) is 0 Å². The number of nitrogens with two attached hydrogens (primary N) is 2. The van der Waals surface area contributed by atoms with E-state index in [0.717, 1.165) is 0 Å². The van der Waals surface area contributed by atoms with E-state index in [2.05, 4.69) is 0 Å². The lowest BCUT2D eigenvalue weighted by molar-refractivity contribution is -0.125. The quantitative estimate of drug-likeness (QED) is 0.802. The van der Waals surface area contributed by atoms with Crippen LogP contribution in [0.3, 0.4) is 0 Å². The van der Waals surface area contributed by atoms with E-state index in [1.165, 1.54) is 4.90 Å². The average Bonchev–Trinajstić information content (AvgIpc) is 2.44. The highest BCUT2D eigenvalue weighted by Gasteiger charge is 2.33. The second kappa shape index (κ2) is 5.27. The summed E-state index contributed by atoms with van der Waals surface area (Å²) >= 11 is 0. The van der Waals surface area contributed by atoms with E-state index in [9.17, 15) is 9.59 Å². The number of primary amides is 1. The van der Waals surface area contributed by atoms with Crippen LogP contribution in [-0.4, -0.2) is 30.5 Å². The molecule has 1 aromatic rings. The number of amides is 2. The number of para-hydroxylation sites is 2. The Kier molecular flexibility index (Phi) is 3.71. The number of nitrogens with zero attached hydrogens (tertiary/aromatic N) is 1. The molecule has 102 valence electrons. The van der Waals surface area contributed by atoms with Crippen LogP contribution in [-0.2, 0) is 9.59 Å². The Morgan fingerprint density at radius 2 is 2.16 bits per heavy atom. The molecule has 2 amide bonds. The minimum Gasteiger partial charge on any atom is -0.477 e. The van der Waals surface area contributed by atoms with Crippen molar-refractivity contribution in [3.8, 4) is 5.75 Å². The molecule has 19 heavy (non-hydrogen) atoms. The van der Waals surface area contributed by atoms with E-state index in [1.807, 2.05) is 6.92 Å². The Labute approximate surface area is 111 Å². The molecule has 6 nitrogen and oxygen atoms in total. The highest BCUT2D eigenvalue weighted by atomic mass is 16.5. The molecule has 2 atom stereocenters. The number of rotatable bonds is 3. The third kappa shape index (κ3) is 2.53. The minimum absolute atomic E-state index is 0.0961. The molecule has 1 aliphatic rings. The summed E-state index contributed by atoms with van der Waals surface area (Å²) in [6, 6.07) is 6.42. The van der Waals surface area contributed by atoms with Gasteiger partial charge in [-0.05, 0) is 18.6 Å². The van der Waals surface area contributed by atoms with Crippen LogP contribution in [0.5, 0.6) is 5.75 Å². The van der Waals surface area contributed by atoms with Crippen LogP contribution in [0.25, 0.3) is 0 Å². The number of ether oxygens (including phenoxy) is 1. The minimum atomic E-state index is -0.845. The molecule has 0 spiro atoms. The number of carbonyl (C=O) groups is 2. The summed E-state index contributed by atoms with van der Waals surface area (Å²) < 4.78 is 5.48. The van der Waals surface area contributed by atoms with Crippen molar-refractivity contribution in [2.75, 3.05) is 11.4 Å². The molecule has 1 aromatic carbocycles. The van der Waals surface area contributed by atoms with Gasteiger partial charge in [0.15, 0.2) is 6.10 Å². The van der Waals surface area contributed by atoms with E-state index < -0.39 is 18.1 Å². The highest BCUT2D eigenvalue weighted by Crippen LogP contribution is 2.33. The zero-order valence-corrected chi connectivity index (χ0v) is 10.7. The molecule has 0 fully saturated rings. The first-order chi connectivity index (χ1) is 9.04. The summed E-state index contributed by atoms with van der Waals surface area (Å²) in [6.07, 6.45) is -0.317. The second-order valence-corrected chi connectivity index (χ2v) is 4.44. The molecule has 0 aliphatic carbocycles. The van der Waals surface area contributed by atoms with Crippen molar-refractivity contribution in [3.05, 3.63) is 24.3 Å². The first-order valence-electron chi connectivity index (χ1n) is 6.16. The van der Waals surface area contributed by atoms with Crippen molar-refractivity contribution in [3.63, 3.8) is 0 Å². The van der Waals surface area contributed by atoms with Gasteiger partial charge in [0.1, 0.15) is 5.75 Å². The third-order valence-corrected chi connectivity index (χ3v) is 3.11. The number of hydrogen-bond donors (Lipinski definition) is 2. The summed E-state index contributed by atoms with van der Waals surface area (Å²) in [5, 5.41) is 0. The highest BCUT2D eigenvalue weighted by molar-refractivity contribution is 6.00. The molecule has 2 rings (SSSR count). The van der Waals surface area contributed by atoms with Crippen LogP contribution in [0, 0.1) is 0 Å². The predicted molar refractivity (Wildman–Crippen MR) is 70.7 cm³/mol. The Balaban J connectivity index is 2.36. The number of fused-ring (bicyclic) bond motifs is 1. The molecule has 1 unspecified atom stereocenters. The van der Waals surface area contributed by atoms with Gasteiger partial charge in [0.25, 0.3) is 5.91 Å². The maximum absolute atomic E-state index is 12.3. The van der Waals surface area contributed by atoms with Crippen LogP contribution in [0.15, 0.2) is 24.3 Å². The zero-order valence-electron chi connectivity index (χ0n) is 10.7. The van der Waals surface area contributed by atoms with E-state index in [4.69, 9.17) is 16.2 Å². The topological polar surface area (TPSA) is 98.7 Å². The maximum Gasteiger partial charge on any atom is 0.260 e. The van der Waals surface area contributed by atoms with Crippen molar-refractivity contribution in [2.24, 2.45) is 11.5 Å². The van der Waals surface area contributed by atoms with Crippen LogP contribution >= 0.6 is 0 Å². The van der Waals surface area contributed by atoms with Crippen LogP contribution < -0.4 is 21.1 Å². The van der Waals surface area contributed by atoms with Crippen LogP contribution in [0.4, 0.5) is 5.69 Å². The molecule has 0 bridgehead atoms. The molecular weight excluding hydrogens is 246 g/mol. The standard InChI is InChI=1S/C13H17N3O3/c1-2-8(14)13(18)16-7-11(12(15)17)19-10-6-4-3-5-9(10)16/h3-6,8,11H,2,7,14H2,1H3,(H2,15,17)/t8-,11?/m0/s1. The smallest absolute Gasteiger partial charge is 0.260 e. The van der Waals surface area contributed by atoms with E-state index in [-0.39, 0.29) is 12.5 Å². The van der Waals surface area contributed by atoms with Gasteiger partial charge in [0, 0.05) is 0 Å².